The number of ether oxygens (including phenoxy) is 4. The van der Waals surface area contributed by atoms with E-state index in [1.165, 1.54) is 0 Å². The van der Waals surface area contributed by atoms with Crippen LogP contribution in [-0.4, -0.2) is 31.1 Å². The van der Waals surface area contributed by atoms with Crippen LogP contribution in [0, 0.1) is 0 Å². The topological polar surface area (TPSA) is 54.0 Å². The Balaban J connectivity index is 1.35. The second kappa shape index (κ2) is 10.9. The Morgan fingerprint density at radius 2 is 1.39 bits per heavy atom. The van der Waals surface area contributed by atoms with E-state index in [-0.39, 0.29) is 12.2 Å². The summed E-state index contributed by atoms with van der Waals surface area (Å²) in [7, 11) is 0. The Labute approximate surface area is 182 Å². The maximum absolute atomic E-state index is 12.4. The minimum absolute atomic E-state index is 0.232. The summed E-state index contributed by atoms with van der Waals surface area (Å²) < 4.78 is 23.6. The van der Waals surface area contributed by atoms with Crippen molar-refractivity contribution in [2.75, 3.05) is 6.61 Å². The van der Waals surface area contributed by atoms with Crippen molar-refractivity contribution in [3.05, 3.63) is 108 Å². The molecule has 0 aliphatic carbocycles. The van der Waals surface area contributed by atoms with Crippen molar-refractivity contribution < 1.29 is 23.7 Å². The molecule has 1 unspecified atom stereocenters. The molecule has 0 aromatic heterocycles. The van der Waals surface area contributed by atoms with E-state index in [2.05, 4.69) is 0 Å². The van der Waals surface area contributed by atoms with Gasteiger partial charge in [-0.05, 0) is 23.3 Å². The van der Waals surface area contributed by atoms with Crippen LogP contribution in [0.1, 0.15) is 27.9 Å². The third-order valence-corrected chi connectivity index (χ3v) is 5.11. The number of hydrogen-bond acceptors (Lipinski definition) is 5. The standard InChI is InChI=1S/C26H26O5/c27-26(22-14-8-3-9-15-22)31-25-16-23(29-18-21-12-6-2-7-13-21)24(30-25)19-28-17-20-10-4-1-5-11-20/h1-15,23-25H,16-19H2/t23-,24+,25?/m0/s1. The van der Waals surface area contributed by atoms with Crippen molar-refractivity contribution in [2.24, 2.45) is 0 Å². The molecule has 0 radical (unpaired) electrons. The molecule has 3 atom stereocenters. The molecule has 0 N–H and O–H groups in total. The van der Waals surface area contributed by atoms with Gasteiger partial charge < -0.3 is 18.9 Å². The van der Waals surface area contributed by atoms with E-state index in [1.54, 1.807) is 24.3 Å². The Morgan fingerprint density at radius 1 is 0.806 bits per heavy atom. The van der Waals surface area contributed by atoms with Gasteiger partial charge in [0.15, 0.2) is 0 Å². The molecule has 1 aliphatic heterocycles. The first-order chi connectivity index (χ1) is 15.3. The SMILES string of the molecule is O=C(OC1C[C@H](OCc2ccccc2)[C@@H](COCc2ccccc2)O1)c1ccccc1. The van der Waals surface area contributed by atoms with Crippen LogP contribution in [-0.2, 0) is 32.2 Å². The lowest BCUT2D eigenvalue weighted by atomic mass is 10.2. The fraction of sp³-hybridized carbons (Fsp3) is 0.269. The predicted octanol–water partition coefficient (Wildman–Crippen LogP) is 4.76. The summed E-state index contributed by atoms with van der Waals surface area (Å²) in [6.07, 6.45) is -0.755. The van der Waals surface area contributed by atoms with Crippen LogP contribution in [0.25, 0.3) is 0 Å². The van der Waals surface area contributed by atoms with Gasteiger partial charge in [0, 0.05) is 6.42 Å². The Morgan fingerprint density at radius 3 is 2.03 bits per heavy atom. The highest BCUT2D eigenvalue weighted by Gasteiger charge is 2.38. The molecule has 5 heteroatoms. The van der Waals surface area contributed by atoms with E-state index in [4.69, 9.17) is 18.9 Å². The maximum Gasteiger partial charge on any atom is 0.340 e. The maximum atomic E-state index is 12.4. The lowest BCUT2D eigenvalue weighted by Gasteiger charge is -2.19. The number of benzene rings is 3. The van der Waals surface area contributed by atoms with Gasteiger partial charge in [-0.3, -0.25) is 0 Å². The van der Waals surface area contributed by atoms with Gasteiger partial charge in [0.2, 0.25) is 6.29 Å². The number of hydrogen-bond donors (Lipinski definition) is 0. The predicted molar refractivity (Wildman–Crippen MR) is 116 cm³/mol. The summed E-state index contributed by atoms with van der Waals surface area (Å²) in [4.78, 5) is 12.4. The molecule has 4 rings (SSSR count). The van der Waals surface area contributed by atoms with Crippen molar-refractivity contribution in [1.29, 1.82) is 0 Å². The van der Waals surface area contributed by atoms with Crippen molar-refractivity contribution >= 4 is 5.97 Å². The van der Waals surface area contributed by atoms with Gasteiger partial charge in [-0.1, -0.05) is 78.9 Å². The van der Waals surface area contributed by atoms with Crippen LogP contribution in [0.3, 0.4) is 0 Å². The van der Waals surface area contributed by atoms with Gasteiger partial charge in [0.05, 0.1) is 31.5 Å². The first-order valence-electron chi connectivity index (χ1n) is 10.5. The second-order valence-corrected chi connectivity index (χ2v) is 7.45. The average molecular weight is 418 g/mol. The van der Waals surface area contributed by atoms with Gasteiger partial charge in [0.1, 0.15) is 6.10 Å². The highest BCUT2D eigenvalue weighted by molar-refractivity contribution is 5.89. The van der Waals surface area contributed by atoms with Gasteiger partial charge in [-0.15, -0.1) is 0 Å². The van der Waals surface area contributed by atoms with Crippen LogP contribution in [0.5, 0.6) is 0 Å². The van der Waals surface area contributed by atoms with E-state index in [9.17, 15) is 4.79 Å². The minimum Gasteiger partial charge on any atom is -0.432 e. The lowest BCUT2D eigenvalue weighted by molar-refractivity contribution is -0.127. The van der Waals surface area contributed by atoms with E-state index in [1.807, 2.05) is 66.7 Å². The smallest absolute Gasteiger partial charge is 0.340 e. The highest BCUT2D eigenvalue weighted by atomic mass is 16.7. The molecule has 31 heavy (non-hydrogen) atoms. The third kappa shape index (κ3) is 6.25. The average Bonchev–Trinajstić information content (AvgIpc) is 3.21. The molecule has 1 aliphatic rings. The van der Waals surface area contributed by atoms with Gasteiger partial charge in [-0.2, -0.15) is 0 Å². The van der Waals surface area contributed by atoms with Gasteiger partial charge >= 0.3 is 5.97 Å². The van der Waals surface area contributed by atoms with E-state index in [0.717, 1.165) is 11.1 Å². The molecular weight excluding hydrogens is 392 g/mol. The summed E-state index contributed by atoms with van der Waals surface area (Å²) in [5.41, 5.74) is 2.67. The number of carbonyl (C=O) groups excluding carboxylic acids is 1. The first-order valence-corrected chi connectivity index (χ1v) is 10.5. The summed E-state index contributed by atoms with van der Waals surface area (Å²) >= 11 is 0. The Kier molecular flexibility index (Phi) is 7.45. The molecule has 0 saturated carbocycles. The molecule has 0 spiro atoms. The summed E-state index contributed by atoms with van der Waals surface area (Å²) in [5.74, 6) is -0.404. The molecule has 1 saturated heterocycles. The summed E-state index contributed by atoms with van der Waals surface area (Å²) in [6.45, 7) is 1.30. The molecule has 3 aromatic carbocycles. The molecule has 0 bridgehead atoms. The number of esters is 1. The molecular formula is C26H26O5. The normalized spacial score (nSPS) is 20.5. The second-order valence-electron chi connectivity index (χ2n) is 7.45. The minimum atomic E-state index is -0.668. The molecule has 5 nitrogen and oxygen atoms in total. The fourth-order valence-electron chi connectivity index (χ4n) is 3.48. The van der Waals surface area contributed by atoms with Crippen molar-refractivity contribution in [3.8, 4) is 0 Å². The van der Waals surface area contributed by atoms with Crippen LogP contribution in [0.2, 0.25) is 0 Å². The third-order valence-electron chi connectivity index (χ3n) is 5.11. The van der Waals surface area contributed by atoms with Crippen molar-refractivity contribution in [3.63, 3.8) is 0 Å². The van der Waals surface area contributed by atoms with E-state index in [0.29, 0.717) is 31.8 Å². The Hall–Kier alpha value is -2.99. The quantitative estimate of drug-likeness (QED) is 0.469. The Bertz CT molecular complexity index is 930. The van der Waals surface area contributed by atoms with E-state index < -0.39 is 12.3 Å². The largest absolute Gasteiger partial charge is 0.432 e. The number of rotatable bonds is 9. The number of carbonyl (C=O) groups is 1. The molecule has 1 fully saturated rings. The van der Waals surface area contributed by atoms with Crippen molar-refractivity contribution in [2.45, 2.75) is 38.1 Å². The molecule has 0 amide bonds. The van der Waals surface area contributed by atoms with Crippen LogP contribution in [0.4, 0.5) is 0 Å². The monoisotopic (exact) mass is 418 g/mol. The van der Waals surface area contributed by atoms with Crippen molar-refractivity contribution in [1.82, 2.24) is 0 Å². The zero-order valence-corrected chi connectivity index (χ0v) is 17.3. The fourth-order valence-corrected chi connectivity index (χ4v) is 3.48. The van der Waals surface area contributed by atoms with Crippen LogP contribution >= 0.6 is 0 Å². The highest BCUT2D eigenvalue weighted by Crippen LogP contribution is 2.26. The van der Waals surface area contributed by atoms with Gasteiger partial charge in [-0.25, -0.2) is 4.79 Å². The summed E-state index contributed by atoms with van der Waals surface area (Å²) in [5, 5.41) is 0. The summed E-state index contributed by atoms with van der Waals surface area (Å²) in [6, 6.07) is 28.9. The molecule has 160 valence electrons. The van der Waals surface area contributed by atoms with E-state index >= 15 is 0 Å². The zero-order chi connectivity index (χ0) is 21.3. The zero-order valence-electron chi connectivity index (χ0n) is 17.3. The lowest BCUT2D eigenvalue weighted by Crippen LogP contribution is -2.29. The van der Waals surface area contributed by atoms with Crippen LogP contribution < -0.4 is 0 Å². The molecule has 1 heterocycles. The van der Waals surface area contributed by atoms with Crippen LogP contribution in [0.15, 0.2) is 91.0 Å². The first kappa shape index (κ1) is 21.2. The molecule has 3 aromatic rings. The van der Waals surface area contributed by atoms with Gasteiger partial charge in [0.25, 0.3) is 0 Å².